The maximum absolute atomic E-state index is 11.3. The van der Waals surface area contributed by atoms with E-state index in [-0.39, 0.29) is 26.1 Å². The van der Waals surface area contributed by atoms with Crippen molar-refractivity contribution in [1.82, 2.24) is 0 Å². The number of ether oxygens (including phenoxy) is 4. The fraction of sp³-hybridized carbons (Fsp3) is 0.750. The van der Waals surface area contributed by atoms with Crippen LogP contribution < -0.4 is 0 Å². The van der Waals surface area contributed by atoms with E-state index in [0.717, 1.165) is 5.32 Å². The van der Waals surface area contributed by atoms with Crippen molar-refractivity contribution in [3.8, 4) is 0 Å². The van der Waals surface area contributed by atoms with E-state index in [9.17, 15) is 14.4 Å². The van der Waals surface area contributed by atoms with Crippen molar-refractivity contribution >= 4 is 32.9 Å². The molecule has 2 aliphatic rings. The molecule has 0 aliphatic carbocycles. The molecule has 20 heavy (non-hydrogen) atoms. The van der Waals surface area contributed by atoms with Crippen LogP contribution in [-0.2, 0) is 33.3 Å². The number of hydrogen-bond donors (Lipinski definition) is 0. The van der Waals surface area contributed by atoms with Gasteiger partial charge >= 0.3 is 122 Å². The van der Waals surface area contributed by atoms with Crippen LogP contribution in [-0.4, -0.2) is 62.3 Å². The summed E-state index contributed by atoms with van der Waals surface area (Å²) in [6, 6.07) is 0. The van der Waals surface area contributed by atoms with Gasteiger partial charge in [-0.1, -0.05) is 0 Å². The Morgan fingerprint density at radius 2 is 1.40 bits per heavy atom. The summed E-state index contributed by atoms with van der Waals surface area (Å²) in [4.78, 5) is 33.7. The summed E-state index contributed by atoms with van der Waals surface area (Å²) in [7, 11) is 0. The molecule has 0 unspecified atom stereocenters. The van der Waals surface area contributed by atoms with E-state index in [2.05, 4.69) is 0 Å². The summed E-state index contributed by atoms with van der Waals surface area (Å²) in [5.41, 5.74) is 0. The van der Waals surface area contributed by atoms with Crippen molar-refractivity contribution in [3.05, 3.63) is 0 Å². The van der Waals surface area contributed by atoms with Crippen LogP contribution >= 0.6 is 0 Å². The van der Waals surface area contributed by atoms with E-state index in [1.807, 2.05) is 0 Å². The summed E-state index contributed by atoms with van der Waals surface area (Å²) < 4.78 is 21.4. The van der Waals surface area contributed by atoms with Crippen molar-refractivity contribution in [2.75, 3.05) is 0 Å². The van der Waals surface area contributed by atoms with Gasteiger partial charge < -0.3 is 0 Å². The van der Waals surface area contributed by atoms with E-state index in [4.69, 9.17) is 18.9 Å². The zero-order chi connectivity index (χ0) is 14.9. The number of carbonyl (C=O) groups is 3. The van der Waals surface area contributed by atoms with Crippen LogP contribution in [0.1, 0.15) is 20.8 Å². The molecule has 7 nitrogen and oxygen atoms in total. The normalized spacial score (nSPS) is 35.2. The van der Waals surface area contributed by atoms with Gasteiger partial charge in [0.15, 0.2) is 0 Å². The second-order valence-electron chi connectivity index (χ2n) is 4.60. The molecule has 0 aromatic rings. The van der Waals surface area contributed by atoms with Crippen LogP contribution in [0.25, 0.3) is 0 Å². The van der Waals surface area contributed by atoms with Gasteiger partial charge in [-0.2, -0.15) is 0 Å². The van der Waals surface area contributed by atoms with Crippen molar-refractivity contribution in [1.29, 1.82) is 0 Å². The molecule has 2 fully saturated rings. The average molecular weight is 351 g/mol. The molecule has 0 aromatic heterocycles. The molecule has 2 rings (SSSR count). The second kappa shape index (κ2) is 6.11. The summed E-state index contributed by atoms with van der Waals surface area (Å²) in [5, 5.41) is 0.457. The first-order chi connectivity index (χ1) is 9.38. The standard InChI is InChI=1S/C12H16O7Se/c1-5(13)16-9-8-4-20-12(19-8)11(18-7(3)15)10(9)17-6(2)14/h8-12H,4H2,1-3H3/t8-,9-,10+,11-,12+/m1/s1. The van der Waals surface area contributed by atoms with Gasteiger partial charge in [0.1, 0.15) is 0 Å². The summed E-state index contributed by atoms with van der Waals surface area (Å²) in [6.45, 7) is 3.82. The molecule has 8 heteroatoms. The Morgan fingerprint density at radius 3 is 1.95 bits per heavy atom. The summed E-state index contributed by atoms with van der Waals surface area (Å²) in [6.07, 6.45) is -2.57. The molecule has 0 saturated carbocycles. The van der Waals surface area contributed by atoms with Crippen LogP contribution in [0, 0.1) is 0 Å². The molecule has 2 bridgehead atoms. The van der Waals surface area contributed by atoms with Gasteiger partial charge in [-0.25, -0.2) is 0 Å². The topological polar surface area (TPSA) is 88.1 Å². The first kappa shape index (κ1) is 15.3. The van der Waals surface area contributed by atoms with Gasteiger partial charge in [0.25, 0.3) is 0 Å². The van der Waals surface area contributed by atoms with Crippen molar-refractivity contribution < 1.29 is 33.3 Å². The van der Waals surface area contributed by atoms with E-state index >= 15 is 0 Å². The van der Waals surface area contributed by atoms with Gasteiger partial charge in [0, 0.05) is 0 Å². The zero-order valence-electron chi connectivity index (χ0n) is 11.4. The van der Waals surface area contributed by atoms with Crippen LogP contribution in [0.3, 0.4) is 0 Å². The van der Waals surface area contributed by atoms with Gasteiger partial charge in [0.05, 0.1) is 0 Å². The first-order valence-corrected chi connectivity index (χ1v) is 8.37. The molecule has 112 valence electrons. The first-order valence-electron chi connectivity index (χ1n) is 6.17. The van der Waals surface area contributed by atoms with Gasteiger partial charge in [-0.05, 0) is 0 Å². The summed E-state index contributed by atoms with van der Waals surface area (Å²) >= 11 is 0.0814. The van der Waals surface area contributed by atoms with E-state index in [0.29, 0.717) is 0 Å². The van der Waals surface area contributed by atoms with Gasteiger partial charge in [-0.3, -0.25) is 0 Å². The molecular formula is C12H16O7Se. The fourth-order valence-corrected chi connectivity index (χ4v) is 4.98. The third kappa shape index (κ3) is 3.31. The van der Waals surface area contributed by atoms with E-state index in [1.54, 1.807) is 0 Å². The van der Waals surface area contributed by atoms with Crippen LogP contribution in [0.15, 0.2) is 0 Å². The van der Waals surface area contributed by atoms with Crippen molar-refractivity contribution in [2.24, 2.45) is 0 Å². The van der Waals surface area contributed by atoms with Crippen LogP contribution in [0.4, 0.5) is 0 Å². The molecular weight excluding hydrogens is 335 g/mol. The number of esters is 3. The molecule has 0 aromatic carbocycles. The number of hydrogen-bond acceptors (Lipinski definition) is 7. The summed E-state index contributed by atoms with van der Waals surface area (Å²) in [5.74, 6) is -1.49. The monoisotopic (exact) mass is 352 g/mol. The second-order valence-corrected chi connectivity index (χ2v) is 6.97. The van der Waals surface area contributed by atoms with Crippen molar-refractivity contribution in [2.45, 2.75) is 55.5 Å². The van der Waals surface area contributed by atoms with E-state index < -0.39 is 36.2 Å². The quantitative estimate of drug-likeness (QED) is 0.390. The third-order valence-electron chi connectivity index (χ3n) is 2.92. The molecule has 2 saturated heterocycles. The molecule has 0 N–H and O–H groups in total. The van der Waals surface area contributed by atoms with Crippen LogP contribution in [0.5, 0.6) is 0 Å². The Labute approximate surface area is 122 Å². The zero-order valence-corrected chi connectivity index (χ0v) is 13.1. The molecule has 0 amide bonds. The van der Waals surface area contributed by atoms with E-state index in [1.165, 1.54) is 20.8 Å². The molecule has 2 aliphatic heterocycles. The van der Waals surface area contributed by atoms with Crippen LogP contribution in [0.2, 0.25) is 5.32 Å². The number of carbonyl (C=O) groups excluding carboxylic acids is 3. The number of fused-ring (bicyclic) bond motifs is 2. The fourth-order valence-electron chi connectivity index (χ4n) is 2.31. The Balaban J connectivity index is 2.24. The van der Waals surface area contributed by atoms with Gasteiger partial charge in [-0.15, -0.1) is 0 Å². The third-order valence-corrected chi connectivity index (χ3v) is 5.50. The SMILES string of the molecule is CC(=O)O[C@@H]1[C@@H](OC(C)=O)[C@H]2O[C@H](C[Se]2)[C@H]1OC(C)=O. The molecule has 0 radical (unpaired) electrons. The molecule has 0 spiro atoms. The Hall–Kier alpha value is -1.11. The van der Waals surface area contributed by atoms with Crippen molar-refractivity contribution in [3.63, 3.8) is 0 Å². The molecule has 5 atom stereocenters. The Bertz CT molecular complexity index is 394. The number of rotatable bonds is 3. The minimum atomic E-state index is -0.812. The molecule has 2 heterocycles. The Morgan fingerprint density at radius 1 is 0.900 bits per heavy atom. The van der Waals surface area contributed by atoms with Gasteiger partial charge in [0.2, 0.25) is 0 Å². The average Bonchev–Trinajstić information content (AvgIpc) is 2.74. The maximum atomic E-state index is 11.3. The Kier molecular flexibility index (Phi) is 4.67. The predicted molar refractivity (Wildman–Crippen MR) is 65.9 cm³/mol. The minimum absolute atomic E-state index is 0.0814. The predicted octanol–water partition coefficient (Wildman–Crippen LogP) is -0.358.